The van der Waals surface area contributed by atoms with Gasteiger partial charge in [0.25, 0.3) is 0 Å². The zero-order chi connectivity index (χ0) is 18.4. The number of anilines is 1. The Balaban J connectivity index is 1.55. The van der Waals surface area contributed by atoms with Gasteiger partial charge < -0.3 is 10.6 Å². The van der Waals surface area contributed by atoms with Crippen molar-refractivity contribution < 1.29 is 4.79 Å². The zero-order valence-electron chi connectivity index (χ0n) is 15.7. The second-order valence-electron chi connectivity index (χ2n) is 7.33. The van der Waals surface area contributed by atoms with Gasteiger partial charge in [-0.3, -0.25) is 4.79 Å². The van der Waals surface area contributed by atoms with E-state index in [1.54, 1.807) is 6.92 Å². The first-order valence-electron chi connectivity index (χ1n) is 9.52. The van der Waals surface area contributed by atoms with E-state index in [9.17, 15) is 4.79 Å². The maximum Gasteiger partial charge on any atom is 0.222 e. The molecule has 5 nitrogen and oxygen atoms in total. The first-order chi connectivity index (χ1) is 12.6. The fourth-order valence-electron chi connectivity index (χ4n) is 3.60. The third kappa shape index (κ3) is 5.28. The lowest BCUT2D eigenvalue weighted by Crippen LogP contribution is -2.31. The standard InChI is InChI=1S/C21H28N4O/c1-15(25-16(2)26)11-17-7-9-19(10-8-17)20-13-23-21(24-14-20)22-12-18-5-3-4-6-18/h7-10,13-15,18H,3-6,11-12H2,1-2H3,(H,25,26)(H,22,23,24). The molecule has 3 rings (SSSR count). The van der Waals surface area contributed by atoms with Crippen LogP contribution in [-0.4, -0.2) is 28.5 Å². The molecule has 1 atom stereocenters. The maximum absolute atomic E-state index is 11.1. The molecule has 138 valence electrons. The van der Waals surface area contributed by atoms with Gasteiger partial charge in [0.2, 0.25) is 11.9 Å². The number of carbonyl (C=O) groups is 1. The summed E-state index contributed by atoms with van der Waals surface area (Å²) < 4.78 is 0. The topological polar surface area (TPSA) is 66.9 Å². The van der Waals surface area contributed by atoms with Crippen LogP contribution in [-0.2, 0) is 11.2 Å². The number of hydrogen-bond donors (Lipinski definition) is 2. The molecule has 0 aliphatic heterocycles. The summed E-state index contributed by atoms with van der Waals surface area (Å²) in [6.45, 7) is 4.53. The van der Waals surface area contributed by atoms with Crippen LogP contribution in [0.2, 0.25) is 0 Å². The van der Waals surface area contributed by atoms with Crippen molar-refractivity contribution >= 4 is 11.9 Å². The maximum atomic E-state index is 11.1. The molecule has 2 N–H and O–H groups in total. The van der Waals surface area contributed by atoms with E-state index in [0.717, 1.165) is 30.0 Å². The quantitative estimate of drug-likeness (QED) is 0.795. The normalized spacial score (nSPS) is 15.6. The van der Waals surface area contributed by atoms with Crippen LogP contribution in [0, 0.1) is 5.92 Å². The molecule has 1 unspecified atom stereocenters. The van der Waals surface area contributed by atoms with Gasteiger partial charge in [-0.25, -0.2) is 9.97 Å². The van der Waals surface area contributed by atoms with Crippen molar-refractivity contribution in [1.82, 2.24) is 15.3 Å². The van der Waals surface area contributed by atoms with Crippen molar-refractivity contribution in [1.29, 1.82) is 0 Å². The number of rotatable bonds is 7. The number of benzene rings is 1. The van der Waals surface area contributed by atoms with Crippen LogP contribution in [0.4, 0.5) is 5.95 Å². The fourth-order valence-corrected chi connectivity index (χ4v) is 3.60. The minimum absolute atomic E-state index is 0.00731. The average Bonchev–Trinajstić information content (AvgIpc) is 3.14. The highest BCUT2D eigenvalue weighted by atomic mass is 16.1. The molecular formula is C21H28N4O. The molecule has 26 heavy (non-hydrogen) atoms. The summed E-state index contributed by atoms with van der Waals surface area (Å²) in [4.78, 5) is 20.0. The van der Waals surface area contributed by atoms with Gasteiger partial charge >= 0.3 is 0 Å². The Morgan fingerprint density at radius 1 is 1.12 bits per heavy atom. The van der Waals surface area contributed by atoms with Gasteiger partial charge in [-0.05, 0) is 43.2 Å². The van der Waals surface area contributed by atoms with Gasteiger partial charge in [-0.15, -0.1) is 0 Å². The highest BCUT2D eigenvalue weighted by Crippen LogP contribution is 2.25. The van der Waals surface area contributed by atoms with E-state index in [1.807, 2.05) is 19.3 Å². The van der Waals surface area contributed by atoms with E-state index in [1.165, 1.54) is 31.2 Å². The van der Waals surface area contributed by atoms with Gasteiger partial charge in [0, 0.05) is 37.5 Å². The monoisotopic (exact) mass is 352 g/mol. The number of carbonyl (C=O) groups excluding carboxylic acids is 1. The van der Waals surface area contributed by atoms with Crippen molar-refractivity contribution in [3.8, 4) is 11.1 Å². The van der Waals surface area contributed by atoms with Crippen molar-refractivity contribution in [3.05, 3.63) is 42.2 Å². The van der Waals surface area contributed by atoms with E-state index < -0.39 is 0 Å². The molecule has 1 heterocycles. The summed E-state index contributed by atoms with van der Waals surface area (Å²) in [6, 6.07) is 8.49. The molecule has 1 saturated carbocycles. The van der Waals surface area contributed by atoms with Gasteiger partial charge in [-0.1, -0.05) is 37.1 Å². The molecule has 1 aromatic heterocycles. The lowest BCUT2D eigenvalue weighted by molar-refractivity contribution is -0.119. The minimum Gasteiger partial charge on any atom is -0.354 e. The first kappa shape index (κ1) is 18.4. The van der Waals surface area contributed by atoms with Crippen LogP contribution in [0.1, 0.15) is 45.1 Å². The van der Waals surface area contributed by atoms with Crippen LogP contribution in [0.25, 0.3) is 11.1 Å². The second-order valence-corrected chi connectivity index (χ2v) is 7.33. The van der Waals surface area contributed by atoms with Crippen molar-refractivity contribution in [3.63, 3.8) is 0 Å². The highest BCUT2D eigenvalue weighted by molar-refractivity contribution is 5.73. The molecule has 0 bridgehead atoms. The summed E-state index contributed by atoms with van der Waals surface area (Å²) in [5.74, 6) is 1.49. The van der Waals surface area contributed by atoms with Crippen molar-refractivity contribution in [2.45, 2.75) is 52.0 Å². The number of aromatic nitrogens is 2. The molecule has 0 spiro atoms. The molecule has 1 amide bonds. The molecule has 1 aliphatic rings. The molecule has 0 saturated heterocycles. The fraction of sp³-hybridized carbons (Fsp3) is 0.476. The van der Waals surface area contributed by atoms with Crippen LogP contribution >= 0.6 is 0 Å². The number of amides is 1. The van der Waals surface area contributed by atoms with Gasteiger partial charge in [0.05, 0.1) is 0 Å². The Bertz CT molecular complexity index is 706. The highest BCUT2D eigenvalue weighted by Gasteiger charge is 2.14. The molecule has 1 aromatic carbocycles. The first-order valence-corrected chi connectivity index (χ1v) is 9.52. The van der Waals surface area contributed by atoms with E-state index in [4.69, 9.17) is 0 Å². The second kappa shape index (κ2) is 8.79. The molecule has 1 aliphatic carbocycles. The average molecular weight is 352 g/mol. The summed E-state index contributed by atoms with van der Waals surface area (Å²) in [5, 5.41) is 6.26. The Morgan fingerprint density at radius 3 is 2.38 bits per heavy atom. The van der Waals surface area contributed by atoms with E-state index in [0.29, 0.717) is 5.95 Å². The van der Waals surface area contributed by atoms with E-state index >= 15 is 0 Å². The lowest BCUT2D eigenvalue weighted by Gasteiger charge is -2.13. The van der Waals surface area contributed by atoms with E-state index in [2.05, 4.69) is 44.9 Å². The third-order valence-corrected chi connectivity index (χ3v) is 4.95. The minimum atomic E-state index is 0.00731. The lowest BCUT2D eigenvalue weighted by atomic mass is 10.0. The van der Waals surface area contributed by atoms with Gasteiger partial charge in [-0.2, -0.15) is 0 Å². The summed E-state index contributed by atoms with van der Waals surface area (Å²) >= 11 is 0. The van der Waals surface area contributed by atoms with Gasteiger partial charge in [0.15, 0.2) is 0 Å². The summed E-state index contributed by atoms with van der Waals surface area (Å²) in [7, 11) is 0. The molecule has 0 radical (unpaired) electrons. The van der Waals surface area contributed by atoms with Crippen molar-refractivity contribution in [2.75, 3.05) is 11.9 Å². The molecule has 1 fully saturated rings. The third-order valence-electron chi connectivity index (χ3n) is 4.95. The molecule has 2 aromatic rings. The Kier molecular flexibility index (Phi) is 6.21. The van der Waals surface area contributed by atoms with Crippen molar-refractivity contribution in [2.24, 2.45) is 5.92 Å². The van der Waals surface area contributed by atoms with Crippen LogP contribution in [0.3, 0.4) is 0 Å². The predicted molar refractivity (Wildman–Crippen MR) is 105 cm³/mol. The Morgan fingerprint density at radius 2 is 1.77 bits per heavy atom. The van der Waals surface area contributed by atoms with E-state index in [-0.39, 0.29) is 11.9 Å². The molecule has 5 heteroatoms. The van der Waals surface area contributed by atoms with Crippen LogP contribution < -0.4 is 10.6 Å². The Hall–Kier alpha value is -2.43. The summed E-state index contributed by atoms with van der Waals surface area (Å²) in [6.07, 6.45) is 9.91. The largest absolute Gasteiger partial charge is 0.354 e. The molecular weight excluding hydrogens is 324 g/mol. The zero-order valence-corrected chi connectivity index (χ0v) is 15.7. The van der Waals surface area contributed by atoms with Gasteiger partial charge in [0.1, 0.15) is 0 Å². The smallest absolute Gasteiger partial charge is 0.222 e. The number of nitrogens with zero attached hydrogens (tertiary/aromatic N) is 2. The number of nitrogens with one attached hydrogen (secondary N) is 2. The predicted octanol–water partition coefficient (Wildman–Crippen LogP) is 3.81. The van der Waals surface area contributed by atoms with Crippen LogP contribution in [0.15, 0.2) is 36.7 Å². The van der Waals surface area contributed by atoms with Crippen LogP contribution in [0.5, 0.6) is 0 Å². The Labute approximate surface area is 155 Å². The summed E-state index contributed by atoms with van der Waals surface area (Å²) in [5.41, 5.74) is 3.31. The number of hydrogen-bond acceptors (Lipinski definition) is 4. The SMILES string of the molecule is CC(=O)NC(C)Cc1ccc(-c2cnc(NCC3CCCC3)nc2)cc1.